The molecule has 1 aliphatic rings. The number of nitrogens with one attached hydrogen (secondary N) is 1. The van der Waals surface area contributed by atoms with Crippen LogP contribution in [0.2, 0.25) is 0 Å². The quantitative estimate of drug-likeness (QED) is 0.844. The summed E-state index contributed by atoms with van der Waals surface area (Å²) in [5.41, 5.74) is 0.483. The highest BCUT2D eigenvalue weighted by molar-refractivity contribution is 5.25. The molecule has 0 spiro atoms. The predicted molar refractivity (Wildman–Crippen MR) is 75.6 cm³/mol. The number of ether oxygens (including phenoxy) is 1. The summed E-state index contributed by atoms with van der Waals surface area (Å²) in [5, 5.41) is 3.50. The molecule has 0 heterocycles. The molecule has 0 radical (unpaired) electrons. The standard InChI is InChI=1S/C16H24FNO/c1-3-12-18-15(13-8-4-5-9-14(13)17)16(19-2)10-6-7-11-16/h4-5,8-9,15,18H,3,6-7,10-12H2,1-2H3. The van der Waals surface area contributed by atoms with E-state index < -0.39 is 0 Å². The summed E-state index contributed by atoms with van der Waals surface area (Å²) in [7, 11) is 1.76. The molecule has 19 heavy (non-hydrogen) atoms. The Morgan fingerprint density at radius 2 is 2.00 bits per heavy atom. The number of hydrogen-bond acceptors (Lipinski definition) is 2. The average Bonchev–Trinajstić information content (AvgIpc) is 2.91. The highest BCUT2D eigenvalue weighted by Crippen LogP contribution is 2.43. The molecule has 1 unspecified atom stereocenters. The van der Waals surface area contributed by atoms with E-state index in [9.17, 15) is 4.39 Å². The molecule has 1 atom stereocenters. The van der Waals surface area contributed by atoms with Gasteiger partial charge >= 0.3 is 0 Å². The smallest absolute Gasteiger partial charge is 0.128 e. The van der Waals surface area contributed by atoms with Crippen LogP contribution in [0, 0.1) is 5.82 Å². The minimum atomic E-state index is -0.253. The summed E-state index contributed by atoms with van der Waals surface area (Å²) in [6.07, 6.45) is 5.35. The third-order valence-corrected chi connectivity index (χ3v) is 4.20. The highest BCUT2D eigenvalue weighted by Gasteiger charge is 2.42. The number of hydrogen-bond donors (Lipinski definition) is 1. The number of benzene rings is 1. The first-order valence-corrected chi connectivity index (χ1v) is 7.26. The lowest BCUT2D eigenvalue weighted by Gasteiger charge is -2.37. The van der Waals surface area contributed by atoms with Crippen molar-refractivity contribution in [1.29, 1.82) is 0 Å². The van der Waals surface area contributed by atoms with Gasteiger partial charge in [0.2, 0.25) is 0 Å². The van der Waals surface area contributed by atoms with E-state index in [1.165, 1.54) is 6.07 Å². The maximum Gasteiger partial charge on any atom is 0.128 e. The fourth-order valence-corrected chi connectivity index (χ4v) is 3.16. The Bertz CT molecular complexity index is 401. The summed E-state index contributed by atoms with van der Waals surface area (Å²) in [6.45, 7) is 3.00. The van der Waals surface area contributed by atoms with Gasteiger partial charge in [0.05, 0.1) is 11.6 Å². The first-order valence-electron chi connectivity index (χ1n) is 7.26. The van der Waals surface area contributed by atoms with Crippen LogP contribution in [0.15, 0.2) is 24.3 Å². The van der Waals surface area contributed by atoms with E-state index in [4.69, 9.17) is 4.74 Å². The molecule has 3 heteroatoms. The lowest BCUT2D eigenvalue weighted by atomic mass is 9.86. The van der Waals surface area contributed by atoms with Gasteiger partial charge in [-0.25, -0.2) is 4.39 Å². The molecule has 1 saturated carbocycles. The first kappa shape index (κ1) is 14.5. The van der Waals surface area contributed by atoms with Crippen molar-refractivity contribution in [1.82, 2.24) is 5.32 Å². The van der Waals surface area contributed by atoms with Crippen molar-refractivity contribution < 1.29 is 9.13 Å². The third kappa shape index (κ3) is 2.98. The fraction of sp³-hybridized carbons (Fsp3) is 0.625. The van der Waals surface area contributed by atoms with Crippen molar-refractivity contribution in [3.8, 4) is 0 Å². The first-order chi connectivity index (χ1) is 9.23. The highest BCUT2D eigenvalue weighted by atomic mass is 19.1. The summed E-state index contributed by atoms with van der Waals surface area (Å²) < 4.78 is 20.0. The Morgan fingerprint density at radius 1 is 1.32 bits per heavy atom. The van der Waals surface area contributed by atoms with Crippen LogP contribution in [0.1, 0.15) is 50.6 Å². The van der Waals surface area contributed by atoms with Gasteiger partial charge in [-0.3, -0.25) is 0 Å². The maximum absolute atomic E-state index is 14.1. The largest absolute Gasteiger partial charge is 0.376 e. The van der Waals surface area contributed by atoms with Crippen molar-refractivity contribution in [2.24, 2.45) is 0 Å². The molecule has 1 aliphatic carbocycles. The number of methoxy groups -OCH3 is 1. The number of halogens is 1. The molecule has 1 N–H and O–H groups in total. The van der Waals surface area contributed by atoms with Crippen molar-refractivity contribution in [3.05, 3.63) is 35.6 Å². The maximum atomic E-state index is 14.1. The predicted octanol–water partition coefficient (Wildman–Crippen LogP) is 3.83. The Hall–Kier alpha value is -0.930. The van der Waals surface area contributed by atoms with Crippen LogP contribution in [0.5, 0.6) is 0 Å². The van der Waals surface area contributed by atoms with Crippen molar-refractivity contribution >= 4 is 0 Å². The summed E-state index contributed by atoms with van der Waals surface area (Å²) in [6, 6.07) is 7.00. The van der Waals surface area contributed by atoms with Gasteiger partial charge in [-0.15, -0.1) is 0 Å². The SMILES string of the molecule is CCCNC(c1ccccc1F)C1(OC)CCCC1. The second kappa shape index (κ2) is 6.49. The van der Waals surface area contributed by atoms with E-state index >= 15 is 0 Å². The van der Waals surface area contributed by atoms with E-state index in [0.29, 0.717) is 0 Å². The lowest BCUT2D eigenvalue weighted by Crippen LogP contribution is -2.44. The molecular weight excluding hydrogens is 241 g/mol. The Kier molecular flexibility index (Phi) is 4.94. The van der Waals surface area contributed by atoms with Crippen LogP contribution in [-0.4, -0.2) is 19.3 Å². The van der Waals surface area contributed by atoms with Gasteiger partial charge in [-0.1, -0.05) is 38.0 Å². The fourth-order valence-electron chi connectivity index (χ4n) is 3.16. The van der Waals surface area contributed by atoms with Gasteiger partial charge in [-0.05, 0) is 31.9 Å². The summed E-state index contributed by atoms with van der Waals surface area (Å²) in [5.74, 6) is -0.139. The molecule has 0 aliphatic heterocycles. The molecule has 0 aromatic heterocycles. The van der Waals surface area contributed by atoms with Crippen LogP contribution in [0.25, 0.3) is 0 Å². The summed E-state index contributed by atoms with van der Waals surface area (Å²) >= 11 is 0. The van der Waals surface area contributed by atoms with Crippen LogP contribution in [-0.2, 0) is 4.74 Å². The van der Waals surface area contributed by atoms with Gasteiger partial charge in [0, 0.05) is 12.7 Å². The number of rotatable bonds is 6. The molecule has 1 aromatic rings. The van der Waals surface area contributed by atoms with E-state index in [1.54, 1.807) is 13.2 Å². The van der Waals surface area contributed by atoms with Gasteiger partial charge in [-0.2, -0.15) is 0 Å². The monoisotopic (exact) mass is 265 g/mol. The molecule has 1 aromatic carbocycles. The average molecular weight is 265 g/mol. The second-order valence-corrected chi connectivity index (χ2v) is 5.38. The molecule has 0 saturated heterocycles. The third-order valence-electron chi connectivity index (χ3n) is 4.20. The summed E-state index contributed by atoms with van der Waals surface area (Å²) in [4.78, 5) is 0. The topological polar surface area (TPSA) is 21.3 Å². The van der Waals surface area contributed by atoms with Crippen molar-refractivity contribution in [3.63, 3.8) is 0 Å². The van der Waals surface area contributed by atoms with E-state index in [1.807, 2.05) is 12.1 Å². The van der Waals surface area contributed by atoms with Crippen molar-refractivity contribution in [2.75, 3.05) is 13.7 Å². The zero-order chi connectivity index (χ0) is 13.7. The molecule has 1 fully saturated rings. The van der Waals surface area contributed by atoms with Crippen LogP contribution < -0.4 is 5.32 Å². The second-order valence-electron chi connectivity index (χ2n) is 5.38. The molecule has 2 rings (SSSR count). The normalized spacial score (nSPS) is 19.5. The minimum Gasteiger partial charge on any atom is -0.376 e. The van der Waals surface area contributed by atoms with Gasteiger partial charge in [0.1, 0.15) is 5.82 Å². The van der Waals surface area contributed by atoms with Gasteiger partial charge < -0.3 is 10.1 Å². The molecule has 2 nitrogen and oxygen atoms in total. The minimum absolute atomic E-state index is 0.0545. The zero-order valence-corrected chi connectivity index (χ0v) is 11.9. The Morgan fingerprint density at radius 3 is 2.58 bits per heavy atom. The Labute approximate surface area is 115 Å². The van der Waals surface area contributed by atoms with Gasteiger partial charge in [0.25, 0.3) is 0 Å². The molecular formula is C16H24FNO. The van der Waals surface area contributed by atoms with Crippen LogP contribution >= 0.6 is 0 Å². The molecule has 106 valence electrons. The van der Waals surface area contributed by atoms with E-state index in [2.05, 4.69) is 12.2 Å². The zero-order valence-electron chi connectivity index (χ0n) is 11.9. The lowest BCUT2D eigenvalue weighted by molar-refractivity contribution is -0.0376. The Balaban J connectivity index is 2.32. The molecule has 0 amide bonds. The molecule has 0 bridgehead atoms. The van der Waals surface area contributed by atoms with Crippen LogP contribution in [0.3, 0.4) is 0 Å². The van der Waals surface area contributed by atoms with Gasteiger partial charge in [0.15, 0.2) is 0 Å². The van der Waals surface area contributed by atoms with Crippen LogP contribution in [0.4, 0.5) is 4.39 Å². The van der Waals surface area contributed by atoms with Crippen molar-refractivity contribution in [2.45, 2.75) is 50.7 Å². The van der Waals surface area contributed by atoms with E-state index in [0.717, 1.165) is 44.2 Å². The van der Waals surface area contributed by atoms with E-state index in [-0.39, 0.29) is 17.5 Å².